The van der Waals surface area contributed by atoms with Gasteiger partial charge in [0.15, 0.2) is 5.41 Å². The number of fused-ring (bicyclic) bond motifs is 1. The molecule has 12 heteroatoms. The van der Waals surface area contributed by atoms with Gasteiger partial charge in [-0.25, -0.2) is 18.2 Å². The van der Waals surface area contributed by atoms with E-state index in [9.17, 15) is 18.0 Å². The molecule has 1 heterocycles. The molecule has 0 saturated heterocycles. The summed E-state index contributed by atoms with van der Waals surface area (Å²) in [7, 11) is -2.07. The van der Waals surface area contributed by atoms with Crippen LogP contribution in [-0.4, -0.2) is 47.5 Å². The minimum atomic E-state index is -4.62. The van der Waals surface area contributed by atoms with Crippen molar-refractivity contribution >= 4 is 56.4 Å². The van der Waals surface area contributed by atoms with Crippen LogP contribution in [0.15, 0.2) is 65.6 Å². The van der Waals surface area contributed by atoms with Crippen molar-refractivity contribution in [1.82, 2.24) is 5.48 Å². The summed E-state index contributed by atoms with van der Waals surface area (Å²) in [5, 5.41) is 0.257. The van der Waals surface area contributed by atoms with Crippen LogP contribution in [0.3, 0.4) is 0 Å². The summed E-state index contributed by atoms with van der Waals surface area (Å²) in [6, 6.07) is 15.0. The van der Waals surface area contributed by atoms with Crippen LogP contribution in [0, 0.1) is 0 Å². The number of nitrogens with zero attached hydrogens (tertiary/aromatic N) is 2. The minimum Gasteiger partial charge on any atom is -0.495 e. The van der Waals surface area contributed by atoms with Crippen LogP contribution in [0.1, 0.15) is 25.0 Å². The van der Waals surface area contributed by atoms with Crippen LogP contribution < -0.4 is 19.4 Å². The molecule has 3 aromatic carbocycles. The first-order valence-corrected chi connectivity index (χ1v) is 14.2. The number of halogens is 2. The van der Waals surface area contributed by atoms with Crippen molar-refractivity contribution in [1.29, 1.82) is 0 Å². The molecule has 3 aromatic rings. The molecule has 0 saturated carbocycles. The quantitative estimate of drug-likeness (QED) is 0.287. The maximum absolute atomic E-state index is 14.4. The first-order chi connectivity index (χ1) is 18.6. The SMILES string of the molecule is CCN(CC)c1ccc(S(=O)(=O)N2C(=O)C(C(=O)NOC)(c3ccccc3Cl)c3cc(Cl)ccc32)c(OC)c1. The third-order valence-electron chi connectivity index (χ3n) is 6.69. The number of methoxy groups -OCH3 is 1. The Bertz CT molecular complexity index is 1540. The number of hydrogen-bond donors (Lipinski definition) is 1. The van der Waals surface area contributed by atoms with Gasteiger partial charge in [0, 0.05) is 46.0 Å². The highest BCUT2D eigenvalue weighted by atomic mass is 35.5. The van der Waals surface area contributed by atoms with Crippen molar-refractivity contribution in [3.63, 3.8) is 0 Å². The van der Waals surface area contributed by atoms with Gasteiger partial charge in [-0.1, -0.05) is 41.4 Å². The molecule has 39 heavy (non-hydrogen) atoms. The zero-order valence-corrected chi connectivity index (χ0v) is 24.0. The Labute approximate surface area is 237 Å². The number of rotatable bonds is 9. The summed E-state index contributed by atoms with van der Waals surface area (Å²) in [5.74, 6) is -1.97. The van der Waals surface area contributed by atoms with E-state index in [4.69, 9.17) is 32.8 Å². The van der Waals surface area contributed by atoms with Gasteiger partial charge in [-0.2, -0.15) is 0 Å². The smallest absolute Gasteiger partial charge is 0.274 e. The minimum absolute atomic E-state index is 0.0324. The molecule has 1 aliphatic heterocycles. The molecular weight excluding hydrogens is 565 g/mol. The second kappa shape index (κ2) is 11.1. The number of amides is 2. The Kier molecular flexibility index (Phi) is 8.13. The van der Waals surface area contributed by atoms with Gasteiger partial charge in [-0.15, -0.1) is 0 Å². The van der Waals surface area contributed by atoms with Crippen molar-refractivity contribution in [2.75, 3.05) is 36.5 Å². The lowest BCUT2D eigenvalue weighted by atomic mass is 9.74. The van der Waals surface area contributed by atoms with Crippen molar-refractivity contribution in [2.45, 2.75) is 24.2 Å². The molecule has 2 amide bonds. The van der Waals surface area contributed by atoms with Crippen molar-refractivity contribution < 1.29 is 27.6 Å². The van der Waals surface area contributed by atoms with E-state index in [1.165, 1.54) is 50.6 Å². The average molecular weight is 593 g/mol. The van der Waals surface area contributed by atoms with Crippen LogP contribution in [0.25, 0.3) is 0 Å². The number of benzene rings is 3. The van der Waals surface area contributed by atoms with E-state index in [0.29, 0.717) is 17.4 Å². The molecule has 206 valence electrons. The Morgan fingerprint density at radius 1 is 1.00 bits per heavy atom. The molecule has 0 aliphatic carbocycles. The first kappa shape index (κ1) is 28.7. The van der Waals surface area contributed by atoms with E-state index < -0.39 is 27.3 Å². The number of sulfonamides is 1. The highest BCUT2D eigenvalue weighted by Crippen LogP contribution is 2.51. The lowest BCUT2D eigenvalue weighted by molar-refractivity contribution is -0.140. The summed E-state index contributed by atoms with van der Waals surface area (Å²) in [6.07, 6.45) is 0. The molecule has 1 unspecified atom stereocenters. The van der Waals surface area contributed by atoms with E-state index in [1.807, 2.05) is 18.7 Å². The number of anilines is 2. The summed E-state index contributed by atoms with van der Waals surface area (Å²) >= 11 is 12.8. The highest BCUT2D eigenvalue weighted by Gasteiger charge is 2.62. The molecule has 0 aromatic heterocycles. The molecule has 1 N–H and O–H groups in total. The van der Waals surface area contributed by atoms with Gasteiger partial charge in [0.25, 0.3) is 21.8 Å². The maximum atomic E-state index is 14.4. The second-order valence-electron chi connectivity index (χ2n) is 8.61. The van der Waals surface area contributed by atoms with Crippen LogP contribution >= 0.6 is 23.2 Å². The van der Waals surface area contributed by atoms with Gasteiger partial charge in [-0.3, -0.25) is 14.4 Å². The Morgan fingerprint density at radius 2 is 1.69 bits per heavy atom. The molecule has 1 aliphatic rings. The van der Waals surface area contributed by atoms with Gasteiger partial charge in [0.05, 0.1) is 19.9 Å². The summed E-state index contributed by atoms with van der Waals surface area (Å²) in [6.45, 7) is 5.34. The van der Waals surface area contributed by atoms with E-state index in [1.54, 1.807) is 24.3 Å². The van der Waals surface area contributed by atoms with E-state index in [-0.39, 0.29) is 37.5 Å². The maximum Gasteiger partial charge on any atom is 0.274 e. The van der Waals surface area contributed by atoms with Gasteiger partial charge in [-0.05, 0) is 50.2 Å². The molecule has 9 nitrogen and oxygen atoms in total. The van der Waals surface area contributed by atoms with Crippen molar-refractivity contribution in [3.05, 3.63) is 81.8 Å². The van der Waals surface area contributed by atoms with Gasteiger partial charge >= 0.3 is 0 Å². The zero-order chi connectivity index (χ0) is 28.5. The van der Waals surface area contributed by atoms with Crippen LogP contribution in [0.4, 0.5) is 11.4 Å². The van der Waals surface area contributed by atoms with E-state index in [2.05, 4.69) is 5.48 Å². The van der Waals surface area contributed by atoms with E-state index >= 15 is 0 Å². The fourth-order valence-corrected chi connectivity index (χ4v) is 6.95. The van der Waals surface area contributed by atoms with Gasteiger partial charge in [0.2, 0.25) is 0 Å². The van der Waals surface area contributed by atoms with Gasteiger partial charge < -0.3 is 9.64 Å². The Hall–Kier alpha value is -3.31. The molecule has 0 spiro atoms. The van der Waals surface area contributed by atoms with Gasteiger partial charge in [0.1, 0.15) is 10.6 Å². The average Bonchev–Trinajstić information content (AvgIpc) is 3.18. The lowest BCUT2D eigenvalue weighted by Gasteiger charge is -2.28. The lowest BCUT2D eigenvalue weighted by Crippen LogP contribution is -2.53. The fourth-order valence-electron chi connectivity index (χ4n) is 4.89. The molecule has 4 rings (SSSR count). The number of hydroxylamine groups is 1. The number of ether oxygens (including phenoxy) is 1. The Balaban J connectivity index is 2.01. The second-order valence-corrected chi connectivity index (χ2v) is 11.2. The molecule has 0 fully saturated rings. The number of carbonyl (C=O) groups excluding carboxylic acids is 2. The fraction of sp³-hybridized carbons (Fsp3) is 0.259. The molecular formula is C27H27Cl2N3O6S. The summed E-state index contributed by atoms with van der Waals surface area (Å²) < 4.78 is 34.6. The van der Waals surface area contributed by atoms with Crippen molar-refractivity contribution in [2.24, 2.45) is 0 Å². The topological polar surface area (TPSA) is 105 Å². The first-order valence-electron chi connectivity index (χ1n) is 12.0. The normalized spacial score (nSPS) is 16.7. The summed E-state index contributed by atoms with van der Waals surface area (Å²) in [5.41, 5.74) is 0.771. The third kappa shape index (κ3) is 4.51. The van der Waals surface area contributed by atoms with Crippen LogP contribution in [0.2, 0.25) is 10.0 Å². The highest BCUT2D eigenvalue weighted by molar-refractivity contribution is 7.93. The predicted molar refractivity (Wildman–Crippen MR) is 150 cm³/mol. The number of hydrogen-bond acceptors (Lipinski definition) is 7. The number of carbonyl (C=O) groups is 2. The molecule has 1 atom stereocenters. The van der Waals surface area contributed by atoms with E-state index in [0.717, 1.165) is 5.69 Å². The largest absolute Gasteiger partial charge is 0.495 e. The Morgan fingerprint density at radius 3 is 2.31 bits per heavy atom. The number of nitrogens with one attached hydrogen (secondary N) is 1. The predicted octanol–water partition coefficient (Wildman–Crippen LogP) is 4.55. The molecule has 0 bridgehead atoms. The zero-order valence-electron chi connectivity index (χ0n) is 21.7. The summed E-state index contributed by atoms with van der Waals surface area (Å²) in [4.78, 5) is 34.8. The van der Waals surface area contributed by atoms with Crippen LogP contribution in [-0.2, 0) is 29.9 Å². The standard InChI is InChI=1S/C27H27Cl2N3O6S/c1-5-31(6-2)18-12-14-24(23(16-18)37-3)39(35,36)32-22-13-11-17(28)15-20(22)27(26(32)34,25(33)30-38-4)19-9-7-8-10-21(19)29/h7-16H,5-6H2,1-4H3,(H,30,33). The third-order valence-corrected chi connectivity index (χ3v) is 8.99. The molecule has 0 radical (unpaired) electrons. The monoisotopic (exact) mass is 591 g/mol. The van der Waals surface area contributed by atoms with Crippen molar-refractivity contribution in [3.8, 4) is 5.75 Å². The van der Waals surface area contributed by atoms with Crippen LogP contribution in [0.5, 0.6) is 5.75 Å².